The van der Waals surface area contributed by atoms with Gasteiger partial charge in [0.1, 0.15) is 6.61 Å². The van der Waals surface area contributed by atoms with Gasteiger partial charge in [-0.15, -0.1) is 0 Å². The topological polar surface area (TPSA) is 93.5 Å². The Morgan fingerprint density at radius 1 is 1.16 bits per heavy atom. The van der Waals surface area contributed by atoms with Gasteiger partial charge in [-0.2, -0.15) is 5.10 Å². The van der Waals surface area contributed by atoms with E-state index in [1.54, 1.807) is 29.1 Å². The highest BCUT2D eigenvalue weighted by Crippen LogP contribution is 2.34. The van der Waals surface area contributed by atoms with Gasteiger partial charge in [0.05, 0.1) is 6.04 Å². The summed E-state index contributed by atoms with van der Waals surface area (Å²) < 4.78 is 6.99. The number of nitrogens with zero attached hydrogens (tertiary/aromatic N) is 2. The third-order valence-electron chi connectivity index (χ3n) is 5.30. The van der Waals surface area contributed by atoms with Crippen LogP contribution in [-0.2, 0) is 11.3 Å². The maximum atomic E-state index is 12.2. The maximum absolute atomic E-state index is 12.2. The molecule has 0 atom stereocenters. The third-order valence-corrected chi connectivity index (χ3v) is 5.52. The number of hydrogen-bond acceptors (Lipinski definition) is 4. The standard InChI is InChI=1S/C23H22ClN3O4/c24-17-10-16(20-13-27(19-8-4-5-9-19)26-21(20)22(28)29)11-18(12-17)25-23(30)31-14-15-6-2-1-3-7-15/h1-3,6-7,10-13,19H,4-5,8-9,14H2,(H,25,30)(H,28,29). The minimum atomic E-state index is -1.11. The molecule has 1 aliphatic rings. The SMILES string of the molecule is O=C(Nc1cc(Cl)cc(-c2cn(C3CCCC3)nc2C(=O)O)c1)OCc1ccccc1. The maximum Gasteiger partial charge on any atom is 0.411 e. The fourth-order valence-corrected chi connectivity index (χ4v) is 4.05. The highest BCUT2D eigenvalue weighted by atomic mass is 35.5. The molecule has 1 aliphatic carbocycles. The second-order valence-corrected chi connectivity index (χ2v) is 7.97. The first-order valence-corrected chi connectivity index (χ1v) is 10.5. The van der Waals surface area contributed by atoms with Crippen LogP contribution in [0.25, 0.3) is 11.1 Å². The van der Waals surface area contributed by atoms with Crippen LogP contribution in [0.4, 0.5) is 10.5 Å². The summed E-state index contributed by atoms with van der Waals surface area (Å²) in [6, 6.07) is 14.4. The third kappa shape index (κ3) is 5.06. The van der Waals surface area contributed by atoms with Crippen molar-refractivity contribution in [3.63, 3.8) is 0 Å². The van der Waals surface area contributed by atoms with Crippen LogP contribution in [0.3, 0.4) is 0 Å². The minimum absolute atomic E-state index is 0.0354. The number of carbonyl (C=O) groups is 2. The molecular formula is C23H22ClN3O4. The fourth-order valence-electron chi connectivity index (χ4n) is 3.81. The molecule has 1 heterocycles. The lowest BCUT2D eigenvalue weighted by Gasteiger charge is -2.10. The number of hydrogen-bond donors (Lipinski definition) is 2. The molecule has 8 heteroatoms. The highest BCUT2D eigenvalue weighted by Gasteiger charge is 2.24. The molecule has 2 N–H and O–H groups in total. The Kier molecular flexibility index (Phi) is 6.23. The molecule has 0 spiro atoms. The quantitative estimate of drug-likeness (QED) is 0.508. The summed E-state index contributed by atoms with van der Waals surface area (Å²) in [4.78, 5) is 24.0. The normalized spacial score (nSPS) is 13.8. The monoisotopic (exact) mass is 439 g/mol. The number of carboxylic acids is 1. The highest BCUT2D eigenvalue weighted by molar-refractivity contribution is 6.31. The van der Waals surface area contributed by atoms with E-state index in [1.807, 2.05) is 30.3 Å². The number of aromatic nitrogens is 2. The number of carboxylic acid groups (broad SMARTS) is 1. The molecule has 0 saturated heterocycles. The molecule has 4 rings (SSSR count). The average molecular weight is 440 g/mol. The first-order chi connectivity index (χ1) is 15.0. The summed E-state index contributed by atoms with van der Waals surface area (Å²) in [5, 5.41) is 17.0. The first kappa shape index (κ1) is 20.9. The van der Waals surface area contributed by atoms with Gasteiger partial charge in [-0.3, -0.25) is 10.00 Å². The molecule has 160 valence electrons. The van der Waals surface area contributed by atoms with Crippen LogP contribution >= 0.6 is 11.6 Å². The Morgan fingerprint density at radius 3 is 2.61 bits per heavy atom. The van der Waals surface area contributed by atoms with Gasteiger partial charge in [0, 0.05) is 22.5 Å². The van der Waals surface area contributed by atoms with Crippen molar-refractivity contribution in [2.45, 2.75) is 38.3 Å². The van der Waals surface area contributed by atoms with Crippen molar-refractivity contribution in [3.8, 4) is 11.1 Å². The summed E-state index contributed by atoms with van der Waals surface area (Å²) in [5.74, 6) is -1.11. The summed E-state index contributed by atoms with van der Waals surface area (Å²) in [7, 11) is 0. The number of aromatic carboxylic acids is 1. The van der Waals surface area contributed by atoms with E-state index in [1.165, 1.54) is 0 Å². The van der Waals surface area contributed by atoms with E-state index in [-0.39, 0.29) is 18.3 Å². The number of ether oxygens (including phenoxy) is 1. The zero-order chi connectivity index (χ0) is 21.8. The van der Waals surface area contributed by atoms with Gasteiger partial charge in [-0.25, -0.2) is 9.59 Å². The summed E-state index contributed by atoms with van der Waals surface area (Å²) >= 11 is 6.26. The van der Waals surface area contributed by atoms with Gasteiger partial charge >= 0.3 is 12.1 Å². The van der Waals surface area contributed by atoms with Gasteiger partial charge in [-0.1, -0.05) is 54.8 Å². The first-order valence-electron chi connectivity index (χ1n) is 10.1. The number of carbonyl (C=O) groups excluding carboxylic acids is 1. The Morgan fingerprint density at radius 2 is 1.90 bits per heavy atom. The lowest BCUT2D eigenvalue weighted by molar-refractivity contribution is 0.0690. The van der Waals surface area contributed by atoms with Crippen LogP contribution in [0.15, 0.2) is 54.7 Å². The fraction of sp³-hybridized carbons (Fsp3) is 0.261. The zero-order valence-electron chi connectivity index (χ0n) is 16.8. The van der Waals surface area contributed by atoms with Crippen LogP contribution in [0.2, 0.25) is 5.02 Å². The molecule has 2 aromatic carbocycles. The molecule has 1 fully saturated rings. The van der Waals surface area contributed by atoms with Crippen molar-refractivity contribution in [1.29, 1.82) is 0 Å². The number of anilines is 1. The van der Waals surface area contributed by atoms with E-state index in [2.05, 4.69) is 10.4 Å². The number of benzene rings is 2. The predicted octanol–water partition coefficient (Wildman–Crippen LogP) is 5.77. The summed E-state index contributed by atoms with van der Waals surface area (Å²) in [5.41, 5.74) is 2.27. The van der Waals surface area contributed by atoms with Gasteiger partial charge in [0.2, 0.25) is 0 Å². The zero-order valence-corrected chi connectivity index (χ0v) is 17.5. The van der Waals surface area contributed by atoms with Gasteiger partial charge < -0.3 is 9.84 Å². The van der Waals surface area contributed by atoms with E-state index in [0.29, 0.717) is 21.8 Å². The predicted molar refractivity (Wildman–Crippen MR) is 117 cm³/mol. The van der Waals surface area contributed by atoms with Crippen LogP contribution < -0.4 is 5.32 Å². The van der Waals surface area contributed by atoms with Crippen LogP contribution in [-0.4, -0.2) is 26.9 Å². The largest absolute Gasteiger partial charge is 0.476 e. The number of nitrogens with one attached hydrogen (secondary N) is 1. The van der Waals surface area contributed by atoms with Crippen molar-refractivity contribution in [1.82, 2.24) is 9.78 Å². The van der Waals surface area contributed by atoms with Crippen molar-refractivity contribution in [2.24, 2.45) is 0 Å². The molecule has 1 aromatic heterocycles. The number of amides is 1. The van der Waals surface area contributed by atoms with Crippen LogP contribution in [0, 0.1) is 0 Å². The summed E-state index contributed by atoms with van der Waals surface area (Å²) in [6.07, 6.45) is 5.31. The molecule has 0 unspecified atom stereocenters. The molecule has 3 aromatic rings. The van der Waals surface area contributed by atoms with Crippen molar-refractivity contribution < 1.29 is 19.4 Å². The van der Waals surface area contributed by atoms with Crippen molar-refractivity contribution in [3.05, 3.63) is 71.0 Å². The molecule has 0 aliphatic heterocycles. The van der Waals surface area contributed by atoms with Crippen molar-refractivity contribution >= 4 is 29.4 Å². The van der Waals surface area contributed by atoms with E-state index >= 15 is 0 Å². The van der Waals surface area contributed by atoms with Crippen LogP contribution in [0.5, 0.6) is 0 Å². The van der Waals surface area contributed by atoms with Gasteiger partial charge in [0.15, 0.2) is 5.69 Å². The average Bonchev–Trinajstić information content (AvgIpc) is 3.42. The molecule has 1 saturated carbocycles. The van der Waals surface area contributed by atoms with E-state index < -0.39 is 12.1 Å². The van der Waals surface area contributed by atoms with Gasteiger partial charge in [0.25, 0.3) is 0 Å². The second-order valence-electron chi connectivity index (χ2n) is 7.53. The Balaban J connectivity index is 1.55. The molecule has 0 radical (unpaired) electrons. The molecule has 7 nitrogen and oxygen atoms in total. The van der Waals surface area contributed by atoms with Crippen molar-refractivity contribution in [2.75, 3.05) is 5.32 Å². The van der Waals surface area contributed by atoms with Gasteiger partial charge in [-0.05, 0) is 42.2 Å². The van der Waals surface area contributed by atoms with E-state index in [0.717, 1.165) is 31.2 Å². The molecular weight excluding hydrogens is 418 g/mol. The van der Waals surface area contributed by atoms with E-state index in [4.69, 9.17) is 16.3 Å². The Bertz CT molecular complexity index is 1090. The second kappa shape index (κ2) is 9.22. The Hall–Kier alpha value is -3.32. The minimum Gasteiger partial charge on any atom is -0.476 e. The van der Waals surface area contributed by atoms with Crippen LogP contribution in [0.1, 0.15) is 47.8 Å². The number of halogens is 1. The smallest absolute Gasteiger partial charge is 0.411 e. The summed E-state index contributed by atoms with van der Waals surface area (Å²) in [6.45, 7) is 0.136. The molecule has 31 heavy (non-hydrogen) atoms. The lowest BCUT2D eigenvalue weighted by atomic mass is 10.1. The molecule has 0 bridgehead atoms. The lowest BCUT2D eigenvalue weighted by Crippen LogP contribution is -2.13. The Labute approximate surface area is 184 Å². The number of rotatable bonds is 6. The van der Waals surface area contributed by atoms with E-state index in [9.17, 15) is 14.7 Å². The molecule has 1 amide bonds.